The van der Waals surface area contributed by atoms with Crippen molar-refractivity contribution in [2.24, 2.45) is 9.98 Å². The fraction of sp³-hybridized carbons (Fsp3) is 0.0204. The van der Waals surface area contributed by atoms with Gasteiger partial charge in [0.2, 0.25) is 0 Å². The number of benzene rings is 8. The Morgan fingerprint density at radius 1 is 0.481 bits per heavy atom. The second-order valence-corrected chi connectivity index (χ2v) is 14.8. The van der Waals surface area contributed by atoms with Crippen LogP contribution in [-0.4, -0.2) is 11.7 Å². The zero-order valence-electron chi connectivity index (χ0n) is 29.0. The van der Waals surface area contributed by atoms with E-state index in [1.165, 1.54) is 42.1 Å². The van der Waals surface area contributed by atoms with Crippen LogP contribution in [0.1, 0.15) is 22.9 Å². The van der Waals surface area contributed by atoms with E-state index in [4.69, 9.17) is 14.4 Å². The highest BCUT2D eigenvalue weighted by atomic mass is 32.1. The lowest BCUT2D eigenvalue weighted by atomic mass is 9.94. The van der Waals surface area contributed by atoms with Crippen molar-refractivity contribution in [3.8, 4) is 22.3 Å². The molecule has 1 unspecified atom stereocenters. The van der Waals surface area contributed by atoms with Crippen LogP contribution in [0.4, 0.5) is 0 Å². The number of nitrogens with one attached hydrogen (secondary N) is 1. The molecule has 11 rings (SSSR count). The summed E-state index contributed by atoms with van der Waals surface area (Å²) in [4.78, 5) is 10.8. The largest absolute Gasteiger partial charge is 0.456 e. The Morgan fingerprint density at radius 3 is 2.04 bits per heavy atom. The van der Waals surface area contributed by atoms with Gasteiger partial charge in [0.25, 0.3) is 0 Å². The summed E-state index contributed by atoms with van der Waals surface area (Å²) in [5.41, 5.74) is 9.32. The van der Waals surface area contributed by atoms with E-state index in [1.807, 2.05) is 11.3 Å². The molecule has 0 aliphatic carbocycles. The maximum absolute atomic E-state index is 6.62. The number of amidine groups is 2. The first-order valence-electron chi connectivity index (χ1n) is 18.2. The molecule has 8 aromatic carbocycles. The van der Waals surface area contributed by atoms with Gasteiger partial charge in [-0.1, -0.05) is 140 Å². The predicted octanol–water partition coefficient (Wildman–Crippen LogP) is 12.9. The lowest BCUT2D eigenvalue weighted by molar-refractivity contribution is 0.668. The van der Waals surface area contributed by atoms with Crippen molar-refractivity contribution >= 4 is 75.9 Å². The first-order chi connectivity index (χ1) is 26.7. The molecule has 3 heterocycles. The molecule has 0 saturated heterocycles. The maximum atomic E-state index is 6.62. The topological polar surface area (TPSA) is 49.9 Å². The van der Waals surface area contributed by atoms with E-state index in [1.54, 1.807) is 0 Å². The molecule has 1 N–H and O–H groups in total. The SMILES string of the molecule is c1ccc(-c2cccc(-c3cccc4oc5cccc(C6=NC(c7cccc8sc9ccccc9c78)=NC(c7ccc8ccccc8c7)N6)c5c34)c2)cc1. The van der Waals surface area contributed by atoms with Crippen LogP contribution in [0.25, 0.3) is 75.1 Å². The highest BCUT2D eigenvalue weighted by Gasteiger charge is 2.26. The minimum Gasteiger partial charge on any atom is -0.456 e. The fourth-order valence-electron chi connectivity index (χ4n) is 8.02. The number of hydrogen-bond acceptors (Lipinski definition) is 5. The van der Waals surface area contributed by atoms with Gasteiger partial charge in [0.1, 0.15) is 23.2 Å². The van der Waals surface area contributed by atoms with Gasteiger partial charge in [-0.25, -0.2) is 9.98 Å². The molecule has 4 nitrogen and oxygen atoms in total. The molecule has 10 aromatic rings. The molecule has 0 saturated carbocycles. The van der Waals surface area contributed by atoms with Crippen LogP contribution in [0.2, 0.25) is 0 Å². The van der Waals surface area contributed by atoms with E-state index in [0.717, 1.165) is 55.6 Å². The van der Waals surface area contributed by atoms with E-state index in [0.29, 0.717) is 5.84 Å². The molecule has 1 aliphatic heterocycles. The lowest BCUT2D eigenvalue weighted by Gasteiger charge is -2.24. The summed E-state index contributed by atoms with van der Waals surface area (Å²) in [6.45, 7) is 0. The Kier molecular flexibility index (Phi) is 7.07. The molecule has 5 heteroatoms. The standard InChI is InChI=1S/C49H31N3OS/c1-2-12-30(13-3-1)33-16-8-17-34(28-33)36-19-9-22-40-45(36)46-39(20-10-23-41(46)53-40)49-51-47(35-27-26-31-14-4-5-15-32(31)29-35)50-48(52-49)38-21-11-25-43-44(38)37-18-6-7-24-42(37)54-43/h1-29,47H,(H,50,51,52). The van der Waals surface area contributed by atoms with Gasteiger partial charge in [-0.05, 0) is 75.0 Å². The van der Waals surface area contributed by atoms with Crippen LogP contribution in [0.3, 0.4) is 0 Å². The zero-order valence-corrected chi connectivity index (χ0v) is 29.8. The van der Waals surface area contributed by atoms with Gasteiger partial charge in [0.05, 0.1) is 0 Å². The number of fused-ring (bicyclic) bond motifs is 7. The average molecular weight is 710 g/mol. The minimum atomic E-state index is -0.368. The van der Waals surface area contributed by atoms with Crippen LogP contribution in [0.5, 0.6) is 0 Å². The molecule has 0 bridgehead atoms. The lowest BCUT2D eigenvalue weighted by Crippen LogP contribution is -2.33. The first-order valence-corrected chi connectivity index (χ1v) is 19.0. The van der Waals surface area contributed by atoms with Gasteiger partial charge in [-0.15, -0.1) is 11.3 Å². The van der Waals surface area contributed by atoms with Crippen LogP contribution >= 0.6 is 11.3 Å². The summed E-state index contributed by atoms with van der Waals surface area (Å²) < 4.78 is 9.09. The van der Waals surface area contributed by atoms with Gasteiger partial charge in [-0.2, -0.15) is 0 Å². The normalized spacial score (nSPS) is 14.5. The summed E-state index contributed by atoms with van der Waals surface area (Å²) in [5, 5.41) is 10.7. The number of furan rings is 1. The van der Waals surface area contributed by atoms with Crippen molar-refractivity contribution in [3.05, 3.63) is 193 Å². The zero-order chi connectivity index (χ0) is 35.6. The van der Waals surface area contributed by atoms with Crippen LogP contribution in [-0.2, 0) is 0 Å². The molecule has 0 spiro atoms. The quantitative estimate of drug-likeness (QED) is 0.193. The number of hydrogen-bond donors (Lipinski definition) is 1. The number of thiophene rings is 1. The van der Waals surface area contributed by atoms with Crippen LogP contribution < -0.4 is 5.32 Å². The smallest absolute Gasteiger partial charge is 0.160 e. The van der Waals surface area contributed by atoms with Gasteiger partial charge >= 0.3 is 0 Å². The fourth-order valence-corrected chi connectivity index (χ4v) is 9.15. The summed E-state index contributed by atoms with van der Waals surface area (Å²) in [6, 6.07) is 62.1. The van der Waals surface area contributed by atoms with Crippen molar-refractivity contribution in [1.82, 2.24) is 5.32 Å². The Morgan fingerprint density at radius 2 is 1.15 bits per heavy atom. The number of aliphatic imine (C=N–C) groups is 2. The maximum Gasteiger partial charge on any atom is 0.160 e. The van der Waals surface area contributed by atoms with E-state index in [-0.39, 0.29) is 6.17 Å². The monoisotopic (exact) mass is 709 g/mol. The van der Waals surface area contributed by atoms with E-state index in [9.17, 15) is 0 Å². The molecule has 0 radical (unpaired) electrons. The Bertz CT molecular complexity index is 3150. The van der Waals surface area contributed by atoms with E-state index in [2.05, 4.69) is 181 Å². The van der Waals surface area contributed by atoms with Crippen LogP contribution in [0.15, 0.2) is 190 Å². The average Bonchev–Trinajstić information content (AvgIpc) is 3.82. The molecule has 1 aliphatic rings. The Labute approximate surface area is 315 Å². The van der Waals surface area contributed by atoms with Crippen LogP contribution in [0, 0.1) is 0 Å². The van der Waals surface area contributed by atoms with E-state index >= 15 is 0 Å². The number of rotatable bonds is 5. The van der Waals surface area contributed by atoms with Crippen molar-refractivity contribution in [1.29, 1.82) is 0 Å². The van der Waals surface area contributed by atoms with Gasteiger partial charge in [-0.3, -0.25) is 0 Å². The molecular formula is C49H31N3OS. The highest BCUT2D eigenvalue weighted by Crippen LogP contribution is 2.41. The van der Waals surface area contributed by atoms with Crippen molar-refractivity contribution in [2.75, 3.05) is 0 Å². The Hall–Kier alpha value is -6.82. The van der Waals surface area contributed by atoms with E-state index < -0.39 is 0 Å². The third-order valence-corrected chi connectivity index (χ3v) is 11.7. The first kappa shape index (κ1) is 30.8. The van der Waals surface area contributed by atoms with Crippen molar-refractivity contribution < 1.29 is 4.42 Å². The van der Waals surface area contributed by atoms with Gasteiger partial charge in [0, 0.05) is 42.1 Å². The second kappa shape index (κ2) is 12.4. The predicted molar refractivity (Wildman–Crippen MR) is 227 cm³/mol. The Balaban J connectivity index is 1.13. The summed E-state index contributed by atoms with van der Waals surface area (Å²) >= 11 is 1.81. The third kappa shape index (κ3) is 5.05. The summed E-state index contributed by atoms with van der Waals surface area (Å²) in [5.74, 6) is 1.47. The highest BCUT2D eigenvalue weighted by molar-refractivity contribution is 7.25. The van der Waals surface area contributed by atoms with Crippen molar-refractivity contribution in [3.63, 3.8) is 0 Å². The van der Waals surface area contributed by atoms with Crippen molar-refractivity contribution in [2.45, 2.75) is 6.17 Å². The third-order valence-electron chi connectivity index (χ3n) is 10.5. The molecule has 2 aromatic heterocycles. The minimum absolute atomic E-state index is 0.368. The molecule has 254 valence electrons. The number of nitrogens with zero attached hydrogens (tertiary/aromatic N) is 2. The molecule has 1 atom stereocenters. The molecule has 54 heavy (non-hydrogen) atoms. The second-order valence-electron chi connectivity index (χ2n) is 13.7. The van der Waals surface area contributed by atoms with Gasteiger partial charge in [0.15, 0.2) is 5.84 Å². The summed E-state index contributed by atoms with van der Waals surface area (Å²) in [7, 11) is 0. The molecular weight excluding hydrogens is 679 g/mol. The van der Waals surface area contributed by atoms with Gasteiger partial charge < -0.3 is 9.73 Å². The molecule has 0 fully saturated rings. The molecule has 0 amide bonds. The summed E-state index contributed by atoms with van der Waals surface area (Å²) in [6.07, 6.45) is -0.368.